The first-order valence-electron chi connectivity index (χ1n) is 3.40. The molecule has 4 heteroatoms. The molecule has 0 saturated carbocycles. The van der Waals surface area contributed by atoms with Gasteiger partial charge in [0.1, 0.15) is 11.5 Å². The molecule has 0 aliphatic rings. The van der Waals surface area contributed by atoms with E-state index in [0.29, 0.717) is 11.5 Å². The van der Waals surface area contributed by atoms with Gasteiger partial charge in [0, 0.05) is 6.07 Å². The Morgan fingerprint density at radius 3 is 2.82 bits per heavy atom. The molecule has 0 aliphatic carbocycles. The number of aliphatic hydroxyl groups is 1. The van der Waals surface area contributed by atoms with Gasteiger partial charge in [-0.1, -0.05) is 5.16 Å². The molecule has 1 rings (SSSR count). The quantitative estimate of drug-likeness (QED) is 0.639. The summed E-state index contributed by atoms with van der Waals surface area (Å²) in [7, 11) is 0. The number of aliphatic hydroxyl groups excluding tert-OH is 1. The van der Waals surface area contributed by atoms with Crippen molar-refractivity contribution in [1.29, 1.82) is 0 Å². The van der Waals surface area contributed by atoms with Crippen LogP contribution in [0.1, 0.15) is 18.4 Å². The Bertz CT molecular complexity index is 242. The molecule has 0 spiro atoms. The first-order chi connectivity index (χ1) is 5.06. The number of hydrogen-bond donors (Lipinski definition) is 2. The Morgan fingerprint density at radius 2 is 2.45 bits per heavy atom. The van der Waals surface area contributed by atoms with Gasteiger partial charge in [0.2, 0.25) is 0 Å². The van der Waals surface area contributed by atoms with Crippen LogP contribution in [0.5, 0.6) is 0 Å². The van der Waals surface area contributed by atoms with Gasteiger partial charge in [0.05, 0.1) is 12.1 Å². The molecular weight excluding hydrogens is 144 g/mol. The molecule has 4 nitrogen and oxygen atoms in total. The van der Waals surface area contributed by atoms with Crippen molar-refractivity contribution < 1.29 is 9.63 Å². The Labute approximate surface area is 65.0 Å². The van der Waals surface area contributed by atoms with E-state index < -0.39 is 5.54 Å². The zero-order chi connectivity index (χ0) is 8.48. The van der Waals surface area contributed by atoms with Crippen molar-refractivity contribution in [2.24, 2.45) is 5.73 Å². The minimum Gasteiger partial charge on any atom is -0.394 e. The lowest BCUT2D eigenvalue weighted by Gasteiger charge is -2.17. The highest BCUT2D eigenvalue weighted by Gasteiger charge is 2.23. The summed E-state index contributed by atoms with van der Waals surface area (Å²) in [5.41, 5.74) is 5.47. The molecule has 3 N–H and O–H groups in total. The smallest absolute Gasteiger partial charge is 0.134 e. The van der Waals surface area contributed by atoms with E-state index in [2.05, 4.69) is 5.16 Å². The van der Waals surface area contributed by atoms with Crippen molar-refractivity contribution in [2.45, 2.75) is 19.4 Å². The summed E-state index contributed by atoms with van der Waals surface area (Å²) in [4.78, 5) is 0. The SMILES string of the molecule is Cc1cc(C(C)(N)CO)no1. The lowest BCUT2D eigenvalue weighted by atomic mass is 10.0. The van der Waals surface area contributed by atoms with E-state index in [9.17, 15) is 0 Å². The molecule has 0 amide bonds. The van der Waals surface area contributed by atoms with Crippen LogP contribution in [0.4, 0.5) is 0 Å². The van der Waals surface area contributed by atoms with Gasteiger partial charge >= 0.3 is 0 Å². The molecule has 0 bridgehead atoms. The molecule has 62 valence electrons. The van der Waals surface area contributed by atoms with Crippen LogP contribution in [0.3, 0.4) is 0 Å². The Morgan fingerprint density at radius 1 is 1.82 bits per heavy atom. The van der Waals surface area contributed by atoms with E-state index in [4.69, 9.17) is 15.4 Å². The third kappa shape index (κ3) is 1.58. The van der Waals surface area contributed by atoms with Crippen LogP contribution in [0.25, 0.3) is 0 Å². The second kappa shape index (κ2) is 2.64. The topological polar surface area (TPSA) is 72.3 Å². The number of nitrogens with two attached hydrogens (primary N) is 1. The van der Waals surface area contributed by atoms with Gasteiger partial charge in [-0.25, -0.2) is 0 Å². The van der Waals surface area contributed by atoms with E-state index in [1.165, 1.54) is 0 Å². The van der Waals surface area contributed by atoms with Gasteiger partial charge in [-0.05, 0) is 13.8 Å². The van der Waals surface area contributed by atoms with Crippen molar-refractivity contribution in [1.82, 2.24) is 5.16 Å². The van der Waals surface area contributed by atoms with Gasteiger partial charge in [-0.2, -0.15) is 0 Å². The van der Waals surface area contributed by atoms with Gasteiger partial charge in [0.15, 0.2) is 0 Å². The van der Waals surface area contributed by atoms with E-state index in [0.717, 1.165) is 0 Å². The molecule has 1 aromatic heterocycles. The van der Waals surface area contributed by atoms with Crippen LogP contribution < -0.4 is 5.73 Å². The van der Waals surface area contributed by atoms with E-state index >= 15 is 0 Å². The molecule has 1 atom stereocenters. The van der Waals surface area contributed by atoms with E-state index in [1.807, 2.05) is 0 Å². The fourth-order valence-electron chi connectivity index (χ4n) is 0.717. The van der Waals surface area contributed by atoms with Gasteiger partial charge in [0.25, 0.3) is 0 Å². The van der Waals surface area contributed by atoms with Crippen LogP contribution in [0, 0.1) is 6.92 Å². The van der Waals surface area contributed by atoms with Crippen molar-refractivity contribution in [3.05, 3.63) is 17.5 Å². The van der Waals surface area contributed by atoms with Crippen molar-refractivity contribution >= 4 is 0 Å². The third-order valence-electron chi connectivity index (χ3n) is 1.54. The maximum atomic E-state index is 8.85. The van der Waals surface area contributed by atoms with Crippen LogP contribution in [0.15, 0.2) is 10.6 Å². The molecule has 0 radical (unpaired) electrons. The number of hydrogen-bond acceptors (Lipinski definition) is 4. The van der Waals surface area contributed by atoms with Gasteiger partial charge in [-0.3, -0.25) is 0 Å². The van der Waals surface area contributed by atoms with Crippen LogP contribution in [-0.2, 0) is 5.54 Å². The predicted molar refractivity (Wildman–Crippen MR) is 39.9 cm³/mol. The molecule has 0 fully saturated rings. The van der Waals surface area contributed by atoms with Crippen LogP contribution in [0.2, 0.25) is 0 Å². The summed E-state index contributed by atoms with van der Waals surface area (Å²) in [6, 6.07) is 1.72. The molecule has 1 unspecified atom stereocenters. The molecule has 11 heavy (non-hydrogen) atoms. The summed E-state index contributed by atoms with van der Waals surface area (Å²) < 4.78 is 4.81. The summed E-state index contributed by atoms with van der Waals surface area (Å²) in [5, 5.41) is 12.5. The predicted octanol–water partition coefficient (Wildman–Crippen LogP) is 0.149. The minimum atomic E-state index is -0.794. The van der Waals surface area contributed by atoms with Crippen LogP contribution in [-0.4, -0.2) is 16.9 Å². The van der Waals surface area contributed by atoms with Crippen molar-refractivity contribution in [3.63, 3.8) is 0 Å². The van der Waals surface area contributed by atoms with Gasteiger partial charge < -0.3 is 15.4 Å². The molecule has 0 aromatic carbocycles. The first kappa shape index (κ1) is 8.23. The molecule has 1 aromatic rings. The second-order valence-corrected chi connectivity index (χ2v) is 2.90. The number of rotatable bonds is 2. The summed E-state index contributed by atoms with van der Waals surface area (Å²) >= 11 is 0. The van der Waals surface area contributed by atoms with Crippen molar-refractivity contribution in [3.8, 4) is 0 Å². The highest BCUT2D eigenvalue weighted by atomic mass is 16.5. The molecule has 0 saturated heterocycles. The average Bonchev–Trinajstić information content (AvgIpc) is 2.36. The number of aryl methyl sites for hydroxylation is 1. The lowest BCUT2D eigenvalue weighted by Crippen LogP contribution is -2.37. The molecular formula is C7H12N2O2. The van der Waals surface area contributed by atoms with Crippen LogP contribution >= 0.6 is 0 Å². The normalized spacial score (nSPS) is 16.4. The van der Waals surface area contributed by atoms with Crippen molar-refractivity contribution in [2.75, 3.05) is 6.61 Å². The molecule has 0 aliphatic heterocycles. The maximum absolute atomic E-state index is 8.85. The average molecular weight is 156 g/mol. The fraction of sp³-hybridized carbons (Fsp3) is 0.571. The second-order valence-electron chi connectivity index (χ2n) is 2.90. The summed E-state index contributed by atoms with van der Waals surface area (Å²) in [6.07, 6.45) is 0. The standard InChI is InChI=1S/C7H12N2O2/c1-5-3-6(9-11-5)7(2,8)4-10/h3,10H,4,8H2,1-2H3. The zero-order valence-corrected chi connectivity index (χ0v) is 6.66. The first-order valence-corrected chi connectivity index (χ1v) is 3.40. The minimum absolute atomic E-state index is 0.140. The summed E-state index contributed by atoms with van der Waals surface area (Å²) in [5.74, 6) is 0.699. The maximum Gasteiger partial charge on any atom is 0.134 e. The lowest BCUT2D eigenvalue weighted by molar-refractivity contribution is 0.201. The summed E-state index contributed by atoms with van der Waals surface area (Å²) in [6.45, 7) is 3.34. The fourth-order valence-corrected chi connectivity index (χ4v) is 0.717. The molecule has 1 heterocycles. The largest absolute Gasteiger partial charge is 0.394 e. The Hall–Kier alpha value is -0.870. The van der Waals surface area contributed by atoms with E-state index in [-0.39, 0.29) is 6.61 Å². The number of nitrogens with zero attached hydrogens (tertiary/aromatic N) is 1. The Kier molecular flexibility index (Phi) is 1.97. The van der Waals surface area contributed by atoms with E-state index in [1.54, 1.807) is 19.9 Å². The number of aromatic nitrogens is 1. The zero-order valence-electron chi connectivity index (χ0n) is 6.66. The monoisotopic (exact) mass is 156 g/mol. The Balaban J connectivity index is 2.92. The van der Waals surface area contributed by atoms with Gasteiger partial charge in [-0.15, -0.1) is 0 Å². The third-order valence-corrected chi connectivity index (χ3v) is 1.54. The highest BCUT2D eigenvalue weighted by Crippen LogP contribution is 2.15. The highest BCUT2D eigenvalue weighted by molar-refractivity contribution is 5.13.